The summed E-state index contributed by atoms with van der Waals surface area (Å²) in [5.74, 6) is 0.886. The van der Waals surface area contributed by atoms with Crippen molar-refractivity contribution in [1.29, 1.82) is 0 Å². The molecule has 26 heavy (non-hydrogen) atoms. The number of hydrogen-bond acceptors (Lipinski definition) is 4. The van der Waals surface area contributed by atoms with Crippen LogP contribution in [-0.4, -0.2) is 16.8 Å². The van der Waals surface area contributed by atoms with Gasteiger partial charge in [-0.05, 0) is 36.6 Å². The highest BCUT2D eigenvalue weighted by Gasteiger charge is 2.07. The van der Waals surface area contributed by atoms with E-state index < -0.39 is 0 Å². The van der Waals surface area contributed by atoms with Crippen molar-refractivity contribution >= 4 is 11.3 Å². The molecule has 0 atom stereocenters. The lowest BCUT2D eigenvalue weighted by atomic mass is 10.0. The number of allylic oxidation sites excluding steroid dienone is 1. The molecule has 0 aliphatic rings. The molecule has 0 saturated carbocycles. The van der Waals surface area contributed by atoms with Crippen LogP contribution in [0.2, 0.25) is 0 Å². The molecule has 4 heteroatoms. The summed E-state index contributed by atoms with van der Waals surface area (Å²) >= 11 is 1.69. The van der Waals surface area contributed by atoms with Crippen LogP contribution in [0.4, 0.5) is 0 Å². The zero-order valence-electron chi connectivity index (χ0n) is 15.3. The Morgan fingerprint density at radius 3 is 2.23 bits per heavy atom. The summed E-state index contributed by atoms with van der Waals surface area (Å²) in [4.78, 5) is 0. The van der Waals surface area contributed by atoms with Gasteiger partial charge in [-0.3, -0.25) is 0 Å². The molecule has 0 spiro atoms. The van der Waals surface area contributed by atoms with Crippen molar-refractivity contribution in [3.63, 3.8) is 0 Å². The predicted molar refractivity (Wildman–Crippen MR) is 110 cm³/mol. The summed E-state index contributed by atoms with van der Waals surface area (Å²) in [6, 6.07) is 16.7. The van der Waals surface area contributed by atoms with Crippen LogP contribution in [0.3, 0.4) is 0 Å². The van der Waals surface area contributed by atoms with Crippen molar-refractivity contribution in [2.45, 2.75) is 33.1 Å². The first-order valence-corrected chi connectivity index (χ1v) is 9.89. The minimum absolute atomic E-state index is 0.604. The topological polar surface area (TPSA) is 35.0 Å². The van der Waals surface area contributed by atoms with Crippen molar-refractivity contribution in [3.05, 3.63) is 65.7 Å². The van der Waals surface area contributed by atoms with Gasteiger partial charge in [0.2, 0.25) is 0 Å². The fourth-order valence-electron chi connectivity index (χ4n) is 2.59. The summed E-state index contributed by atoms with van der Waals surface area (Å²) < 4.78 is 5.64. The lowest BCUT2D eigenvalue weighted by Gasteiger charge is -2.06. The lowest BCUT2D eigenvalue weighted by Crippen LogP contribution is -1.92. The first-order valence-electron chi connectivity index (χ1n) is 9.07. The molecule has 0 N–H and O–H groups in total. The summed E-state index contributed by atoms with van der Waals surface area (Å²) in [5.41, 5.74) is 3.49. The molecule has 0 aliphatic carbocycles. The van der Waals surface area contributed by atoms with Crippen molar-refractivity contribution in [2.75, 3.05) is 6.61 Å². The van der Waals surface area contributed by atoms with Gasteiger partial charge in [0.05, 0.1) is 0 Å². The average molecular weight is 365 g/mol. The van der Waals surface area contributed by atoms with E-state index in [9.17, 15) is 0 Å². The standard InChI is InChI=1S/C22H24N2OS/c1-3-5-7-21-23-24-22(26-21)19-10-8-17(9-11-19)18-12-14-20(15-13-18)25-16-6-4-2/h4,6,8-15H,3,5,7,16H2,1-2H3/b6-4+. The SMILES string of the molecule is C/C=C/COc1ccc(-c2ccc(-c3nnc(CCCC)s3)cc2)cc1. The highest BCUT2D eigenvalue weighted by atomic mass is 32.1. The van der Waals surface area contributed by atoms with Crippen LogP contribution in [0, 0.1) is 0 Å². The molecule has 2 aromatic carbocycles. The van der Waals surface area contributed by atoms with Gasteiger partial charge in [0, 0.05) is 12.0 Å². The maximum atomic E-state index is 5.64. The minimum Gasteiger partial charge on any atom is -0.490 e. The van der Waals surface area contributed by atoms with E-state index in [1.165, 1.54) is 24.0 Å². The van der Waals surface area contributed by atoms with Gasteiger partial charge in [-0.2, -0.15) is 0 Å². The van der Waals surface area contributed by atoms with E-state index in [-0.39, 0.29) is 0 Å². The Kier molecular flexibility index (Phi) is 6.56. The first kappa shape index (κ1) is 18.3. The first-order chi connectivity index (χ1) is 12.8. The number of unbranched alkanes of at least 4 members (excludes halogenated alkanes) is 1. The molecule has 0 aliphatic heterocycles. The van der Waals surface area contributed by atoms with Crippen LogP contribution < -0.4 is 4.74 Å². The van der Waals surface area contributed by atoms with Crippen LogP contribution in [0.5, 0.6) is 5.75 Å². The molecule has 3 aromatic rings. The molecule has 0 bridgehead atoms. The Labute approximate surface area is 159 Å². The Morgan fingerprint density at radius 1 is 0.923 bits per heavy atom. The van der Waals surface area contributed by atoms with Gasteiger partial charge in [-0.1, -0.05) is 73.2 Å². The van der Waals surface area contributed by atoms with Crippen molar-refractivity contribution in [1.82, 2.24) is 10.2 Å². The molecule has 3 rings (SSSR count). The highest BCUT2D eigenvalue weighted by Crippen LogP contribution is 2.28. The quantitative estimate of drug-likeness (QED) is 0.448. The van der Waals surface area contributed by atoms with Crippen LogP contribution in [0.15, 0.2) is 60.7 Å². The summed E-state index contributed by atoms with van der Waals surface area (Å²) in [6.07, 6.45) is 7.36. The fourth-order valence-corrected chi connectivity index (χ4v) is 3.48. The van der Waals surface area contributed by atoms with E-state index in [2.05, 4.69) is 53.5 Å². The van der Waals surface area contributed by atoms with E-state index in [4.69, 9.17) is 4.74 Å². The molecule has 134 valence electrons. The van der Waals surface area contributed by atoms with Crippen LogP contribution in [-0.2, 0) is 6.42 Å². The van der Waals surface area contributed by atoms with Crippen LogP contribution >= 0.6 is 11.3 Å². The second kappa shape index (κ2) is 9.30. The largest absolute Gasteiger partial charge is 0.490 e. The number of aryl methyl sites for hydroxylation is 1. The van der Waals surface area contributed by atoms with E-state index in [1.54, 1.807) is 11.3 Å². The smallest absolute Gasteiger partial charge is 0.147 e. The monoisotopic (exact) mass is 364 g/mol. The minimum atomic E-state index is 0.604. The molecule has 3 nitrogen and oxygen atoms in total. The summed E-state index contributed by atoms with van der Waals surface area (Å²) in [7, 11) is 0. The number of nitrogens with zero attached hydrogens (tertiary/aromatic N) is 2. The third kappa shape index (κ3) is 4.79. The molecule has 0 amide bonds. The zero-order valence-corrected chi connectivity index (χ0v) is 16.1. The Hall–Kier alpha value is -2.46. The van der Waals surface area contributed by atoms with Gasteiger partial charge >= 0.3 is 0 Å². The number of hydrogen-bond donors (Lipinski definition) is 0. The molecule has 0 unspecified atom stereocenters. The maximum Gasteiger partial charge on any atom is 0.147 e. The van der Waals surface area contributed by atoms with Gasteiger partial charge < -0.3 is 4.74 Å². The number of ether oxygens (including phenoxy) is 1. The van der Waals surface area contributed by atoms with E-state index in [1.807, 2.05) is 31.2 Å². The number of rotatable bonds is 8. The van der Waals surface area contributed by atoms with Gasteiger partial charge in [0.1, 0.15) is 22.4 Å². The molecular formula is C22H24N2OS. The third-order valence-electron chi connectivity index (χ3n) is 4.11. The van der Waals surface area contributed by atoms with E-state index in [0.29, 0.717) is 6.61 Å². The summed E-state index contributed by atoms with van der Waals surface area (Å²) in [6.45, 7) is 4.79. The van der Waals surface area contributed by atoms with Gasteiger partial charge in [0.15, 0.2) is 0 Å². The second-order valence-corrected chi connectivity index (χ2v) is 7.15. The second-order valence-electron chi connectivity index (χ2n) is 6.09. The molecule has 0 saturated heterocycles. The third-order valence-corrected chi connectivity index (χ3v) is 5.14. The van der Waals surface area contributed by atoms with Crippen molar-refractivity contribution in [2.24, 2.45) is 0 Å². The Balaban J connectivity index is 1.68. The zero-order chi connectivity index (χ0) is 18.2. The summed E-state index contributed by atoms with van der Waals surface area (Å²) in [5, 5.41) is 10.8. The molecule has 0 fully saturated rings. The Bertz CT molecular complexity index is 835. The van der Waals surface area contributed by atoms with Gasteiger partial charge in [-0.15, -0.1) is 10.2 Å². The van der Waals surface area contributed by atoms with Crippen LogP contribution in [0.25, 0.3) is 21.7 Å². The highest BCUT2D eigenvalue weighted by molar-refractivity contribution is 7.14. The molecular weight excluding hydrogens is 340 g/mol. The number of aromatic nitrogens is 2. The molecule has 1 heterocycles. The van der Waals surface area contributed by atoms with E-state index in [0.717, 1.165) is 27.7 Å². The van der Waals surface area contributed by atoms with Crippen LogP contribution in [0.1, 0.15) is 31.7 Å². The molecule has 0 radical (unpaired) electrons. The fraction of sp³-hybridized carbons (Fsp3) is 0.273. The van der Waals surface area contributed by atoms with Gasteiger partial charge in [-0.25, -0.2) is 0 Å². The normalized spacial score (nSPS) is 11.2. The maximum absolute atomic E-state index is 5.64. The predicted octanol–water partition coefficient (Wildman–Crippen LogP) is 6.17. The van der Waals surface area contributed by atoms with Crippen molar-refractivity contribution in [3.8, 4) is 27.4 Å². The average Bonchev–Trinajstić information content (AvgIpc) is 3.16. The van der Waals surface area contributed by atoms with E-state index >= 15 is 0 Å². The Morgan fingerprint density at radius 2 is 1.58 bits per heavy atom. The molecule has 1 aromatic heterocycles. The van der Waals surface area contributed by atoms with Crippen molar-refractivity contribution < 1.29 is 4.74 Å². The lowest BCUT2D eigenvalue weighted by molar-refractivity contribution is 0.363. The van der Waals surface area contributed by atoms with Gasteiger partial charge in [0.25, 0.3) is 0 Å². The number of benzene rings is 2.